The van der Waals surface area contributed by atoms with Gasteiger partial charge in [-0.3, -0.25) is 18.8 Å². The fourth-order valence-electron chi connectivity index (χ4n) is 2.96. The van der Waals surface area contributed by atoms with E-state index < -0.39 is 0 Å². The molecular weight excluding hydrogens is 408 g/mol. The van der Waals surface area contributed by atoms with E-state index >= 15 is 0 Å². The van der Waals surface area contributed by atoms with E-state index in [4.69, 9.17) is 9.47 Å². The van der Waals surface area contributed by atoms with E-state index in [0.29, 0.717) is 33.4 Å². The average Bonchev–Trinajstić information content (AvgIpc) is 3.36. The summed E-state index contributed by atoms with van der Waals surface area (Å²) in [5.74, 6) is 0.897. The predicted octanol–water partition coefficient (Wildman–Crippen LogP) is 1.91. The smallest absolute Gasteiger partial charge is 0.264 e. The molecule has 3 heterocycles. The van der Waals surface area contributed by atoms with E-state index in [0.717, 1.165) is 5.56 Å². The van der Waals surface area contributed by atoms with Crippen molar-refractivity contribution in [2.45, 2.75) is 6.54 Å². The van der Waals surface area contributed by atoms with Crippen LogP contribution in [0.5, 0.6) is 11.5 Å². The van der Waals surface area contributed by atoms with Crippen molar-refractivity contribution >= 4 is 33.4 Å². The molecule has 0 saturated heterocycles. The number of nitrogens with one attached hydrogen (secondary N) is 1. The zero-order valence-electron chi connectivity index (χ0n) is 16.4. The molecule has 1 amide bonds. The summed E-state index contributed by atoms with van der Waals surface area (Å²) in [7, 11) is 4.85. The molecular formula is C19H18N6O4S. The van der Waals surface area contributed by atoms with Crippen LogP contribution >= 0.6 is 11.3 Å². The van der Waals surface area contributed by atoms with Gasteiger partial charge in [-0.1, -0.05) is 0 Å². The first-order valence-electron chi connectivity index (χ1n) is 8.85. The summed E-state index contributed by atoms with van der Waals surface area (Å²) in [6.45, 7) is -0.183. The number of hydrogen-bond donors (Lipinski definition) is 1. The number of nitrogens with zero attached hydrogens (tertiary/aromatic N) is 5. The number of methoxy groups -OCH3 is 2. The molecule has 0 spiro atoms. The van der Waals surface area contributed by atoms with Crippen LogP contribution in [-0.2, 0) is 18.4 Å². The summed E-state index contributed by atoms with van der Waals surface area (Å²) in [5.41, 5.74) is 1.57. The van der Waals surface area contributed by atoms with E-state index in [1.54, 1.807) is 27.3 Å². The first kappa shape index (κ1) is 19.6. The number of rotatable bonds is 6. The van der Waals surface area contributed by atoms with Gasteiger partial charge in [0.1, 0.15) is 29.8 Å². The molecule has 0 radical (unpaired) electrons. The normalized spacial score (nSPS) is 10.9. The van der Waals surface area contributed by atoms with Crippen LogP contribution in [0, 0.1) is 0 Å². The molecule has 0 aliphatic rings. The van der Waals surface area contributed by atoms with Crippen LogP contribution in [-0.4, -0.2) is 44.4 Å². The van der Waals surface area contributed by atoms with Crippen LogP contribution in [0.4, 0.5) is 5.13 Å². The number of fused-ring (bicyclic) bond motifs is 1. The van der Waals surface area contributed by atoms with Crippen LogP contribution in [0.15, 0.2) is 40.9 Å². The largest absolute Gasteiger partial charge is 0.497 e. The van der Waals surface area contributed by atoms with E-state index in [1.807, 2.05) is 17.5 Å². The first-order chi connectivity index (χ1) is 14.5. The molecule has 3 aromatic heterocycles. The van der Waals surface area contributed by atoms with Crippen molar-refractivity contribution in [3.63, 3.8) is 0 Å². The Labute approximate surface area is 174 Å². The molecule has 4 rings (SSSR count). The maximum absolute atomic E-state index is 12.5. The van der Waals surface area contributed by atoms with E-state index in [-0.39, 0.29) is 18.0 Å². The van der Waals surface area contributed by atoms with Gasteiger partial charge in [0, 0.05) is 24.1 Å². The summed E-state index contributed by atoms with van der Waals surface area (Å²) in [6, 6.07) is 5.41. The highest BCUT2D eigenvalue weighted by Gasteiger charge is 2.14. The van der Waals surface area contributed by atoms with Gasteiger partial charge in [-0.2, -0.15) is 5.10 Å². The molecule has 4 aromatic rings. The van der Waals surface area contributed by atoms with Crippen molar-refractivity contribution in [2.75, 3.05) is 19.5 Å². The molecule has 0 fully saturated rings. The zero-order chi connectivity index (χ0) is 21.3. The minimum atomic E-state index is -0.385. The second-order valence-electron chi connectivity index (χ2n) is 6.34. The molecule has 154 valence electrons. The molecule has 1 N–H and O–H groups in total. The third kappa shape index (κ3) is 3.62. The Morgan fingerprint density at radius 2 is 2.10 bits per heavy atom. The Kier molecular flexibility index (Phi) is 5.19. The van der Waals surface area contributed by atoms with Gasteiger partial charge < -0.3 is 14.8 Å². The van der Waals surface area contributed by atoms with Gasteiger partial charge >= 0.3 is 0 Å². The molecule has 0 aliphatic heterocycles. The Bertz CT molecular complexity index is 1290. The highest BCUT2D eigenvalue weighted by Crippen LogP contribution is 2.34. The molecule has 30 heavy (non-hydrogen) atoms. The summed E-state index contributed by atoms with van der Waals surface area (Å²) in [5, 5.41) is 9.32. The second-order valence-corrected chi connectivity index (χ2v) is 7.19. The van der Waals surface area contributed by atoms with Crippen molar-refractivity contribution < 1.29 is 14.3 Å². The Balaban J connectivity index is 1.51. The minimum absolute atomic E-state index is 0.183. The molecule has 11 heteroatoms. The maximum Gasteiger partial charge on any atom is 0.264 e. The molecule has 0 saturated carbocycles. The quantitative estimate of drug-likeness (QED) is 0.501. The van der Waals surface area contributed by atoms with Gasteiger partial charge in [0.2, 0.25) is 5.91 Å². The number of hydrogen-bond acceptors (Lipinski definition) is 8. The van der Waals surface area contributed by atoms with Crippen LogP contribution in [0.3, 0.4) is 0 Å². The summed E-state index contributed by atoms with van der Waals surface area (Å²) in [6.07, 6.45) is 2.77. The highest BCUT2D eigenvalue weighted by molar-refractivity contribution is 7.14. The number of benzene rings is 1. The van der Waals surface area contributed by atoms with E-state index in [9.17, 15) is 9.59 Å². The third-order valence-corrected chi connectivity index (χ3v) is 5.22. The number of ether oxygens (including phenoxy) is 2. The van der Waals surface area contributed by atoms with Gasteiger partial charge in [0.25, 0.3) is 5.56 Å². The topological polar surface area (TPSA) is 113 Å². The average molecular weight is 426 g/mol. The molecule has 0 atom stereocenters. The van der Waals surface area contributed by atoms with Crippen LogP contribution < -0.4 is 20.3 Å². The lowest BCUT2D eigenvalue weighted by Crippen LogP contribution is -2.27. The van der Waals surface area contributed by atoms with Gasteiger partial charge in [-0.05, 0) is 12.1 Å². The minimum Gasteiger partial charge on any atom is -0.497 e. The van der Waals surface area contributed by atoms with Crippen molar-refractivity contribution in [2.24, 2.45) is 7.05 Å². The van der Waals surface area contributed by atoms with Gasteiger partial charge in [0.15, 0.2) is 10.8 Å². The standard InChI is InChI=1S/C19H18N6O4S/c1-24-17-13(7-21-24)18(27)25(10-20-17)8-16(26)23-19-22-14(9-30-19)12-5-4-11(28-2)6-15(12)29-3/h4-7,9-10H,8H2,1-3H3,(H,22,23,26). The van der Waals surface area contributed by atoms with Crippen LogP contribution in [0.1, 0.15) is 0 Å². The molecule has 10 nitrogen and oxygen atoms in total. The fourth-order valence-corrected chi connectivity index (χ4v) is 3.68. The molecule has 0 bridgehead atoms. The second kappa shape index (κ2) is 7.95. The summed E-state index contributed by atoms with van der Waals surface area (Å²) < 4.78 is 13.4. The number of carbonyl (C=O) groups is 1. The van der Waals surface area contributed by atoms with Gasteiger partial charge in [-0.15, -0.1) is 11.3 Å². The molecule has 0 unspecified atom stereocenters. The third-order valence-electron chi connectivity index (χ3n) is 4.47. The number of amides is 1. The molecule has 1 aromatic carbocycles. The number of aryl methyl sites for hydroxylation is 1. The lowest BCUT2D eigenvalue weighted by Gasteiger charge is -2.08. The molecule has 0 aliphatic carbocycles. The van der Waals surface area contributed by atoms with Crippen molar-refractivity contribution in [3.05, 3.63) is 46.5 Å². The lowest BCUT2D eigenvalue weighted by molar-refractivity contribution is -0.116. The van der Waals surface area contributed by atoms with Crippen molar-refractivity contribution in [1.82, 2.24) is 24.3 Å². The van der Waals surface area contributed by atoms with Crippen LogP contribution in [0.2, 0.25) is 0 Å². The highest BCUT2D eigenvalue weighted by atomic mass is 32.1. The number of carbonyl (C=O) groups excluding carboxylic acids is 1. The van der Waals surface area contributed by atoms with Gasteiger partial charge in [0.05, 0.1) is 26.1 Å². The Morgan fingerprint density at radius 1 is 1.27 bits per heavy atom. The first-order valence-corrected chi connectivity index (χ1v) is 9.73. The lowest BCUT2D eigenvalue weighted by atomic mass is 10.1. The summed E-state index contributed by atoms with van der Waals surface area (Å²) >= 11 is 1.28. The number of aromatic nitrogens is 5. The van der Waals surface area contributed by atoms with Crippen molar-refractivity contribution in [3.8, 4) is 22.8 Å². The monoisotopic (exact) mass is 426 g/mol. The van der Waals surface area contributed by atoms with Crippen molar-refractivity contribution in [1.29, 1.82) is 0 Å². The van der Waals surface area contributed by atoms with E-state index in [1.165, 1.54) is 33.1 Å². The number of thiazole rings is 1. The Hall–Kier alpha value is -3.73. The number of anilines is 1. The SMILES string of the molecule is COc1ccc(-c2csc(NC(=O)Cn3cnc4c(cnn4C)c3=O)n2)c(OC)c1. The van der Waals surface area contributed by atoms with Crippen LogP contribution in [0.25, 0.3) is 22.3 Å². The summed E-state index contributed by atoms with van der Waals surface area (Å²) in [4.78, 5) is 33.6. The predicted molar refractivity (Wildman–Crippen MR) is 112 cm³/mol. The maximum atomic E-state index is 12.5. The zero-order valence-corrected chi connectivity index (χ0v) is 17.3. The van der Waals surface area contributed by atoms with Gasteiger partial charge in [-0.25, -0.2) is 9.97 Å². The fraction of sp³-hybridized carbons (Fsp3) is 0.211. The van der Waals surface area contributed by atoms with E-state index in [2.05, 4.69) is 20.4 Å². The Morgan fingerprint density at radius 3 is 2.87 bits per heavy atom.